The van der Waals surface area contributed by atoms with Gasteiger partial charge in [-0.2, -0.15) is 8.78 Å². The van der Waals surface area contributed by atoms with Crippen LogP contribution in [0.1, 0.15) is 23.5 Å². The quantitative estimate of drug-likeness (QED) is 0.460. The molecule has 3 rings (SSSR count). The summed E-state index contributed by atoms with van der Waals surface area (Å²) in [6.07, 6.45) is -0.266. The number of ether oxygens (including phenoxy) is 1. The number of anilines is 1. The van der Waals surface area contributed by atoms with Crippen LogP contribution in [0.25, 0.3) is 11.1 Å². The first-order valence-corrected chi connectivity index (χ1v) is 11.4. The van der Waals surface area contributed by atoms with Crippen molar-refractivity contribution in [3.8, 4) is 16.9 Å². The molecule has 0 spiro atoms. The second kappa shape index (κ2) is 9.93. The van der Waals surface area contributed by atoms with Gasteiger partial charge in [-0.05, 0) is 59.9 Å². The Labute approximate surface area is 186 Å². The normalized spacial score (nSPS) is 12.2. The highest BCUT2D eigenvalue weighted by molar-refractivity contribution is 7.89. The number of methoxy groups -OCH3 is 1. The van der Waals surface area contributed by atoms with Gasteiger partial charge in [0.2, 0.25) is 10.0 Å². The minimum absolute atomic E-state index is 0.177. The summed E-state index contributed by atoms with van der Waals surface area (Å²) in [7, 11) is -2.66. The third-order valence-electron chi connectivity index (χ3n) is 5.21. The third kappa shape index (κ3) is 5.52. The highest BCUT2D eigenvalue weighted by Crippen LogP contribution is 2.41. The summed E-state index contributed by atoms with van der Waals surface area (Å²) in [5.41, 5.74) is 8.41. The topological polar surface area (TPSA) is 95.4 Å². The number of hydrogen-bond donors (Lipinski definition) is 2. The van der Waals surface area contributed by atoms with E-state index in [0.717, 1.165) is 11.6 Å². The van der Waals surface area contributed by atoms with Crippen molar-refractivity contribution in [1.29, 1.82) is 0 Å². The van der Waals surface area contributed by atoms with E-state index < -0.39 is 22.0 Å². The molecule has 0 aliphatic heterocycles. The Bertz CT molecular complexity index is 1210. The molecule has 32 heavy (non-hydrogen) atoms. The van der Waals surface area contributed by atoms with Crippen LogP contribution in [-0.4, -0.2) is 15.5 Å². The molecule has 1 atom stereocenters. The fourth-order valence-electron chi connectivity index (χ4n) is 3.74. The maximum atomic E-state index is 13.5. The Morgan fingerprint density at radius 3 is 2.25 bits per heavy atom. The summed E-state index contributed by atoms with van der Waals surface area (Å²) in [6, 6.07) is 18.7. The van der Waals surface area contributed by atoms with Gasteiger partial charge in [-0.15, -0.1) is 0 Å². The first-order chi connectivity index (χ1) is 15.2. The predicted octanol–water partition coefficient (Wildman–Crippen LogP) is 5.09. The molecule has 8 heteroatoms. The first-order valence-electron chi connectivity index (χ1n) is 9.87. The van der Waals surface area contributed by atoms with E-state index in [1.807, 2.05) is 30.3 Å². The van der Waals surface area contributed by atoms with Gasteiger partial charge in [0.15, 0.2) is 0 Å². The van der Waals surface area contributed by atoms with Crippen LogP contribution in [-0.2, 0) is 16.4 Å². The van der Waals surface area contributed by atoms with Crippen LogP contribution in [0.4, 0.5) is 14.5 Å². The van der Waals surface area contributed by atoms with E-state index in [9.17, 15) is 17.2 Å². The number of nitrogen functional groups attached to an aromatic ring is 1. The highest BCUT2D eigenvalue weighted by Gasteiger charge is 2.25. The lowest BCUT2D eigenvalue weighted by Gasteiger charge is -2.22. The summed E-state index contributed by atoms with van der Waals surface area (Å²) < 4.78 is 56.9. The lowest BCUT2D eigenvalue weighted by molar-refractivity contribution is 0.413. The standard InChI is InChI=1S/C24H24F2N2O3S/c1-31-19-11-9-17(10-12-19)24-21(32(28,29)30)14-13-20(27)23(24)18(15-22(25)26)8-7-16-5-3-2-4-6-16/h2-6,9-15,18H,7-8,27H2,1H3,(H2,28,29,30). The van der Waals surface area contributed by atoms with Crippen molar-refractivity contribution < 1.29 is 21.9 Å². The Balaban J connectivity index is 2.21. The van der Waals surface area contributed by atoms with Crippen molar-refractivity contribution in [3.63, 3.8) is 0 Å². The fraction of sp³-hybridized carbons (Fsp3) is 0.167. The summed E-state index contributed by atoms with van der Waals surface area (Å²) in [4.78, 5) is -0.177. The number of benzene rings is 3. The molecule has 3 aromatic rings. The number of primary sulfonamides is 1. The summed E-state index contributed by atoms with van der Waals surface area (Å²) in [5.74, 6) is -0.273. The van der Waals surface area contributed by atoms with Gasteiger partial charge in [-0.25, -0.2) is 13.6 Å². The van der Waals surface area contributed by atoms with Gasteiger partial charge < -0.3 is 10.5 Å². The number of nitrogens with two attached hydrogens (primary N) is 2. The molecular weight excluding hydrogens is 434 g/mol. The first kappa shape index (κ1) is 23.4. The lowest BCUT2D eigenvalue weighted by atomic mass is 9.85. The largest absolute Gasteiger partial charge is 0.497 e. The van der Waals surface area contributed by atoms with Gasteiger partial charge in [0.05, 0.1) is 12.0 Å². The van der Waals surface area contributed by atoms with Crippen molar-refractivity contribution in [2.45, 2.75) is 23.7 Å². The Morgan fingerprint density at radius 2 is 1.69 bits per heavy atom. The van der Waals surface area contributed by atoms with Gasteiger partial charge in [-0.1, -0.05) is 42.5 Å². The molecule has 0 saturated heterocycles. The monoisotopic (exact) mass is 458 g/mol. The van der Waals surface area contributed by atoms with E-state index in [0.29, 0.717) is 29.7 Å². The van der Waals surface area contributed by atoms with Crippen molar-refractivity contribution in [2.24, 2.45) is 5.14 Å². The zero-order chi connectivity index (χ0) is 23.3. The van der Waals surface area contributed by atoms with E-state index in [4.69, 9.17) is 15.6 Å². The Morgan fingerprint density at radius 1 is 1.03 bits per heavy atom. The second-order valence-corrected chi connectivity index (χ2v) is 8.83. The van der Waals surface area contributed by atoms with E-state index in [-0.39, 0.29) is 16.1 Å². The molecule has 4 N–H and O–H groups in total. The van der Waals surface area contributed by atoms with Gasteiger partial charge in [-0.3, -0.25) is 0 Å². The average molecular weight is 459 g/mol. The molecule has 1 unspecified atom stereocenters. The lowest BCUT2D eigenvalue weighted by Crippen LogP contribution is -2.16. The molecule has 0 fully saturated rings. The SMILES string of the molecule is COc1ccc(-c2c(S(N)(=O)=O)ccc(N)c2C(C=C(F)F)CCc2ccccc2)cc1. The van der Waals surface area contributed by atoms with Gasteiger partial charge in [0, 0.05) is 17.2 Å². The average Bonchev–Trinajstić information content (AvgIpc) is 2.76. The molecule has 0 saturated carbocycles. The third-order valence-corrected chi connectivity index (χ3v) is 6.16. The summed E-state index contributed by atoms with van der Waals surface area (Å²) in [5, 5.41) is 5.48. The van der Waals surface area contributed by atoms with Crippen LogP contribution >= 0.6 is 0 Å². The smallest absolute Gasteiger partial charge is 0.266 e. The van der Waals surface area contributed by atoms with Crippen LogP contribution in [0, 0.1) is 0 Å². The number of hydrogen-bond acceptors (Lipinski definition) is 4. The van der Waals surface area contributed by atoms with Crippen molar-refractivity contribution in [3.05, 3.63) is 90.0 Å². The van der Waals surface area contributed by atoms with Crippen molar-refractivity contribution >= 4 is 15.7 Å². The summed E-state index contributed by atoms with van der Waals surface area (Å²) >= 11 is 0. The molecule has 0 heterocycles. The molecule has 168 valence electrons. The zero-order valence-corrected chi connectivity index (χ0v) is 18.3. The Kier molecular flexibility index (Phi) is 7.27. The van der Waals surface area contributed by atoms with Crippen molar-refractivity contribution in [1.82, 2.24) is 0 Å². The van der Waals surface area contributed by atoms with Crippen molar-refractivity contribution in [2.75, 3.05) is 12.8 Å². The molecular formula is C24H24F2N2O3S. The van der Waals surface area contributed by atoms with Gasteiger partial charge >= 0.3 is 0 Å². The highest BCUT2D eigenvalue weighted by atomic mass is 32.2. The van der Waals surface area contributed by atoms with Crippen LogP contribution in [0.5, 0.6) is 5.75 Å². The number of aryl methyl sites for hydroxylation is 1. The molecule has 0 aromatic heterocycles. The second-order valence-electron chi connectivity index (χ2n) is 7.30. The van der Waals surface area contributed by atoms with Gasteiger partial charge in [0.1, 0.15) is 5.75 Å². The number of halogens is 2. The molecule has 0 radical (unpaired) electrons. The predicted molar refractivity (Wildman–Crippen MR) is 122 cm³/mol. The number of sulfonamides is 1. The van der Waals surface area contributed by atoms with Crippen LogP contribution in [0.3, 0.4) is 0 Å². The van der Waals surface area contributed by atoms with E-state index in [1.165, 1.54) is 19.2 Å². The van der Waals surface area contributed by atoms with Crippen LogP contribution in [0.15, 0.2) is 83.8 Å². The molecule has 0 amide bonds. The zero-order valence-electron chi connectivity index (χ0n) is 17.5. The maximum absolute atomic E-state index is 13.5. The minimum Gasteiger partial charge on any atom is -0.497 e. The van der Waals surface area contributed by atoms with E-state index in [1.54, 1.807) is 24.3 Å². The molecule has 3 aromatic carbocycles. The van der Waals surface area contributed by atoms with E-state index >= 15 is 0 Å². The van der Waals surface area contributed by atoms with Crippen LogP contribution in [0.2, 0.25) is 0 Å². The van der Waals surface area contributed by atoms with Gasteiger partial charge in [0.25, 0.3) is 6.08 Å². The minimum atomic E-state index is -4.16. The molecule has 0 aliphatic carbocycles. The number of rotatable bonds is 8. The maximum Gasteiger partial charge on any atom is 0.266 e. The van der Waals surface area contributed by atoms with Crippen LogP contribution < -0.4 is 15.6 Å². The molecule has 0 bridgehead atoms. The molecule has 0 aliphatic rings. The van der Waals surface area contributed by atoms with E-state index in [2.05, 4.69) is 0 Å². The summed E-state index contributed by atoms with van der Waals surface area (Å²) in [6.45, 7) is 0. The molecule has 5 nitrogen and oxygen atoms in total. The number of allylic oxidation sites excluding steroid dienone is 1. The fourth-order valence-corrected chi connectivity index (χ4v) is 4.51. The Hall–Kier alpha value is -3.23.